The number of amides is 1. The molecule has 5 nitrogen and oxygen atoms in total. The number of carbonyl (C=O) groups excluding carboxylic acids is 1. The van der Waals surface area contributed by atoms with Crippen molar-refractivity contribution >= 4 is 45.5 Å². The van der Waals surface area contributed by atoms with Crippen molar-refractivity contribution in [3.63, 3.8) is 0 Å². The Morgan fingerprint density at radius 1 is 1.29 bits per heavy atom. The number of benzene rings is 1. The van der Waals surface area contributed by atoms with Crippen LogP contribution in [-0.4, -0.2) is 26.3 Å². The van der Waals surface area contributed by atoms with Crippen LogP contribution in [0.25, 0.3) is 11.3 Å². The SMILES string of the molecule is CCc1ccc(-c2csc(NC(=O)C(C)Sc3nncs3)n2)cc1. The van der Waals surface area contributed by atoms with E-state index in [-0.39, 0.29) is 11.2 Å². The number of thiazole rings is 1. The van der Waals surface area contributed by atoms with Gasteiger partial charge in [-0.2, -0.15) is 0 Å². The fraction of sp³-hybridized carbons (Fsp3) is 0.250. The van der Waals surface area contributed by atoms with E-state index in [9.17, 15) is 4.79 Å². The molecule has 0 saturated carbocycles. The first-order chi connectivity index (χ1) is 11.7. The molecule has 3 aromatic rings. The second-order valence-corrected chi connectivity index (χ2v) is 8.32. The van der Waals surface area contributed by atoms with Gasteiger partial charge in [-0.05, 0) is 18.9 Å². The standard InChI is InChI=1S/C16H16N4OS3/c1-3-11-4-6-12(7-5-11)13-8-22-15(18-13)19-14(21)10(2)24-16-20-17-9-23-16/h4-10H,3H2,1-2H3,(H,18,19,21). The van der Waals surface area contributed by atoms with Gasteiger partial charge >= 0.3 is 0 Å². The van der Waals surface area contributed by atoms with E-state index in [0.717, 1.165) is 22.0 Å². The zero-order chi connectivity index (χ0) is 16.9. The maximum absolute atomic E-state index is 12.3. The maximum Gasteiger partial charge on any atom is 0.239 e. The van der Waals surface area contributed by atoms with Gasteiger partial charge in [0.1, 0.15) is 5.51 Å². The van der Waals surface area contributed by atoms with E-state index in [1.165, 1.54) is 40.0 Å². The number of hydrogen-bond acceptors (Lipinski definition) is 7. The fourth-order valence-electron chi connectivity index (χ4n) is 2.00. The van der Waals surface area contributed by atoms with Gasteiger partial charge in [0.2, 0.25) is 5.91 Å². The van der Waals surface area contributed by atoms with E-state index >= 15 is 0 Å². The average molecular weight is 377 g/mol. The number of rotatable bonds is 6. The third-order valence-electron chi connectivity index (χ3n) is 3.38. The highest BCUT2D eigenvalue weighted by atomic mass is 32.2. The van der Waals surface area contributed by atoms with E-state index in [4.69, 9.17) is 0 Å². The molecule has 1 unspecified atom stereocenters. The Labute approximate surface area is 152 Å². The van der Waals surface area contributed by atoms with Crippen molar-refractivity contribution < 1.29 is 4.79 Å². The molecule has 0 fully saturated rings. The maximum atomic E-state index is 12.3. The van der Waals surface area contributed by atoms with Gasteiger partial charge in [0.05, 0.1) is 10.9 Å². The monoisotopic (exact) mass is 376 g/mol. The topological polar surface area (TPSA) is 67.8 Å². The van der Waals surface area contributed by atoms with Crippen LogP contribution in [0.3, 0.4) is 0 Å². The number of anilines is 1. The summed E-state index contributed by atoms with van der Waals surface area (Å²) >= 11 is 4.25. The van der Waals surface area contributed by atoms with Gasteiger partial charge < -0.3 is 5.32 Å². The van der Waals surface area contributed by atoms with Crippen molar-refractivity contribution in [3.8, 4) is 11.3 Å². The lowest BCUT2D eigenvalue weighted by Crippen LogP contribution is -2.22. The molecule has 0 bridgehead atoms. The third kappa shape index (κ3) is 4.19. The van der Waals surface area contributed by atoms with Crippen molar-refractivity contribution in [1.29, 1.82) is 0 Å². The summed E-state index contributed by atoms with van der Waals surface area (Å²) in [6.07, 6.45) is 1.02. The van der Waals surface area contributed by atoms with Gasteiger partial charge in [0, 0.05) is 10.9 Å². The summed E-state index contributed by atoms with van der Waals surface area (Å²) < 4.78 is 0.786. The number of aromatic nitrogens is 3. The lowest BCUT2D eigenvalue weighted by molar-refractivity contribution is -0.115. The Balaban J connectivity index is 1.63. The van der Waals surface area contributed by atoms with Crippen LogP contribution in [-0.2, 0) is 11.2 Å². The summed E-state index contributed by atoms with van der Waals surface area (Å²) in [5.41, 5.74) is 4.89. The van der Waals surface area contributed by atoms with E-state index in [0.29, 0.717) is 5.13 Å². The second kappa shape index (κ2) is 7.87. The largest absolute Gasteiger partial charge is 0.301 e. The summed E-state index contributed by atoms with van der Waals surface area (Å²) in [7, 11) is 0. The fourth-order valence-corrected chi connectivity index (χ4v) is 4.35. The molecule has 3 rings (SSSR count). The highest BCUT2D eigenvalue weighted by Gasteiger charge is 2.17. The predicted molar refractivity (Wildman–Crippen MR) is 101 cm³/mol. The molecule has 0 aliphatic heterocycles. The van der Waals surface area contributed by atoms with E-state index in [2.05, 4.69) is 51.7 Å². The Morgan fingerprint density at radius 3 is 2.75 bits per heavy atom. The molecular weight excluding hydrogens is 360 g/mol. The second-order valence-electron chi connectivity index (χ2n) is 5.04. The zero-order valence-corrected chi connectivity index (χ0v) is 15.7. The first-order valence-electron chi connectivity index (χ1n) is 7.44. The van der Waals surface area contributed by atoms with Crippen molar-refractivity contribution in [1.82, 2.24) is 15.2 Å². The van der Waals surface area contributed by atoms with Crippen LogP contribution in [0.2, 0.25) is 0 Å². The molecule has 0 radical (unpaired) electrons. The first kappa shape index (κ1) is 17.1. The third-order valence-corrected chi connectivity index (χ3v) is 6.05. The molecule has 124 valence electrons. The normalized spacial score (nSPS) is 12.1. The highest BCUT2D eigenvalue weighted by Crippen LogP contribution is 2.28. The molecule has 1 aromatic carbocycles. The zero-order valence-electron chi connectivity index (χ0n) is 13.2. The molecule has 0 spiro atoms. The number of aryl methyl sites for hydroxylation is 1. The molecular formula is C16H16N4OS3. The summed E-state index contributed by atoms with van der Waals surface area (Å²) in [6, 6.07) is 8.34. The number of nitrogens with one attached hydrogen (secondary N) is 1. The molecule has 2 heterocycles. The van der Waals surface area contributed by atoms with Crippen molar-refractivity contribution in [2.75, 3.05) is 5.32 Å². The van der Waals surface area contributed by atoms with Crippen LogP contribution in [0.5, 0.6) is 0 Å². The Hall–Kier alpha value is -1.77. The summed E-state index contributed by atoms with van der Waals surface area (Å²) in [4.78, 5) is 16.8. The van der Waals surface area contributed by atoms with Crippen LogP contribution in [0.4, 0.5) is 5.13 Å². The van der Waals surface area contributed by atoms with Crippen LogP contribution >= 0.6 is 34.4 Å². The summed E-state index contributed by atoms with van der Waals surface area (Å²) in [5, 5.41) is 12.9. The molecule has 1 N–H and O–H groups in total. The minimum atomic E-state index is -0.255. The van der Waals surface area contributed by atoms with Crippen LogP contribution in [0, 0.1) is 0 Å². The molecule has 24 heavy (non-hydrogen) atoms. The van der Waals surface area contributed by atoms with Crippen molar-refractivity contribution in [2.45, 2.75) is 29.9 Å². The smallest absolute Gasteiger partial charge is 0.239 e. The molecule has 2 aromatic heterocycles. The Morgan fingerprint density at radius 2 is 2.08 bits per heavy atom. The molecule has 8 heteroatoms. The van der Waals surface area contributed by atoms with Crippen LogP contribution < -0.4 is 5.32 Å². The van der Waals surface area contributed by atoms with E-state index in [1.807, 2.05) is 12.3 Å². The van der Waals surface area contributed by atoms with Crippen LogP contribution in [0.15, 0.2) is 39.5 Å². The van der Waals surface area contributed by atoms with Gasteiger partial charge in [-0.1, -0.05) is 54.3 Å². The van der Waals surface area contributed by atoms with Crippen molar-refractivity contribution in [3.05, 3.63) is 40.7 Å². The van der Waals surface area contributed by atoms with E-state index < -0.39 is 0 Å². The number of nitrogens with zero attached hydrogens (tertiary/aromatic N) is 3. The van der Waals surface area contributed by atoms with Gasteiger partial charge in [0.25, 0.3) is 0 Å². The molecule has 1 atom stereocenters. The summed E-state index contributed by atoms with van der Waals surface area (Å²) in [5.74, 6) is -0.0857. The Bertz CT molecular complexity index is 799. The first-order valence-corrected chi connectivity index (χ1v) is 10.1. The van der Waals surface area contributed by atoms with Gasteiger partial charge in [-0.15, -0.1) is 21.5 Å². The molecule has 0 aliphatic rings. The number of carbonyl (C=O) groups is 1. The Kier molecular flexibility index (Phi) is 5.60. The average Bonchev–Trinajstić information content (AvgIpc) is 3.27. The van der Waals surface area contributed by atoms with Gasteiger partial charge in [0.15, 0.2) is 9.47 Å². The lowest BCUT2D eigenvalue weighted by atomic mass is 10.1. The minimum absolute atomic E-state index is 0.0857. The number of thioether (sulfide) groups is 1. The lowest BCUT2D eigenvalue weighted by Gasteiger charge is -2.07. The van der Waals surface area contributed by atoms with Gasteiger partial charge in [-0.3, -0.25) is 4.79 Å². The van der Waals surface area contributed by atoms with Crippen molar-refractivity contribution in [2.24, 2.45) is 0 Å². The summed E-state index contributed by atoms with van der Waals surface area (Å²) in [6.45, 7) is 3.98. The van der Waals surface area contributed by atoms with Crippen LogP contribution in [0.1, 0.15) is 19.4 Å². The van der Waals surface area contributed by atoms with E-state index in [1.54, 1.807) is 5.51 Å². The minimum Gasteiger partial charge on any atom is -0.301 e. The predicted octanol–water partition coefficient (Wildman–Crippen LogP) is 4.34. The molecule has 0 aliphatic carbocycles. The van der Waals surface area contributed by atoms with Gasteiger partial charge in [-0.25, -0.2) is 4.98 Å². The highest BCUT2D eigenvalue weighted by molar-refractivity contribution is 8.02. The quantitative estimate of drug-likeness (QED) is 0.648. The number of hydrogen-bond donors (Lipinski definition) is 1. The molecule has 1 amide bonds. The molecule has 0 saturated heterocycles.